The van der Waals surface area contributed by atoms with Gasteiger partial charge in [0.05, 0.1) is 89.9 Å². The van der Waals surface area contributed by atoms with Gasteiger partial charge in [-0.3, -0.25) is 9.69 Å². The van der Waals surface area contributed by atoms with Crippen molar-refractivity contribution in [1.82, 2.24) is 15.5 Å². The van der Waals surface area contributed by atoms with Crippen molar-refractivity contribution in [3.8, 4) is 0 Å². The highest BCUT2D eigenvalue weighted by molar-refractivity contribution is 5.82. The van der Waals surface area contributed by atoms with E-state index in [2.05, 4.69) is 10.6 Å². The molecule has 0 heterocycles. The molecule has 55 heavy (non-hydrogen) atoms. The molecule has 0 aliphatic carbocycles. The fraction of sp³-hybridized carbons (Fsp3) is 0.970. The summed E-state index contributed by atoms with van der Waals surface area (Å²) in [5.74, 6) is -0.773. The highest BCUT2D eigenvalue weighted by Crippen LogP contribution is 2.13. The van der Waals surface area contributed by atoms with Gasteiger partial charge < -0.3 is 101 Å². The zero-order valence-corrected chi connectivity index (χ0v) is 31.8. The van der Waals surface area contributed by atoms with Crippen LogP contribution in [-0.2, 0) is 23.7 Å². The van der Waals surface area contributed by atoms with E-state index in [0.717, 1.165) is 11.3 Å². The first-order chi connectivity index (χ1) is 26.1. The van der Waals surface area contributed by atoms with E-state index in [9.17, 15) is 66.1 Å². The molecular weight excluding hydrogens is 742 g/mol. The number of hydrogen-bond donors (Lipinski definition) is 16. The van der Waals surface area contributed by atoms with Gasteiger partial charge in [0.15, 0.2) is 0 Å². The lowest BCUT2D eigenvalue weighted by atomic mass is 9.99. The Morgan fingerprint density at radius 1 is 0.509 bits per heavy atom. The van der Waals surface area contributed by atoms with E-state index < -0.39 is 125 Å². The summed E-state index contributed by atoms with van der Waals surface area (Å²) in [6, 6.07) is -1.41. The number of nitrogens with zero attached hydrogens (tertiary/aromatic N) is 1. The van der Waals surface area contributed by atoms with E-state index in [1.165, 1.54) is 6.92 Å². The smallest absolute Gasteiger partial charge is 0.238 e. The number of ether oxygens (including phenoxy) is 4. The molecule has 0 aromatic rings. The topological polar surface area (TPSA) is 365 Å². The van der Waals surface area contributed by atoms with Crippen LogP contribution in [0.2, 0.25) is 0 Å². The third-order valence-electron chi connectivity index (χ3n) is 8.44. The molecule has 0 radical (unpaired) electrons. The summed E-state index contributed by atoms with van der Waals surface area (Å²) in [5.41, 5.74) is 0. The molecule has 330 valence electrons. The number of carbonyl (C=O) groups excluding carboxylic acids is 1. The molecule has 0 aromatic carbocycles. The van der Waals surface area contributed by atoms with Crippen LogP contribution in [0.1, 0.15) is 26.7 Å². The molecule has 0 aliphatic rings. The summed E-state index contributed by atoms with van der Waals surface area (Å²) in [5, 5.41) is 146. The van der Waals surface area contributed by atoms with Gasteiger partial charge in [-0.05, 0) is 12.8 Å². The Bertz CT molecular complexity index is 905. The molecule has 0 fully saturated rings. The molecule has 0 aromatic heterocycles. The number of rotatable bonds is 36. The van der Waals surface area contributed by atoms with Crippen LogP contribution in [0.15, 0.2) is 0 Å². The minimum atomic E-state index is -2.07. The first kappa shape index (κ1) is 53.7. The molecule has 16 N–H and O–H groups in total. The molecule has 1 unspecified atom stereocenters. The maximum Gasteiger partial charge on any atom is 0.238 e. The van der Waals surface area contributed by atoms with Crippen molar-refractivity contribution in [2.45, 2.75) is 106 Å². The van der Waals surface area contributed by atoms with E-state index in [1.54, 1.807) is 0 Å². The molecule has 0 rings (SSSR count). The monoisotopic (exact) mass is 811 g/mol. The molecular formula is C33H69N3O19. The standard InChI is InChI=1S/C33H69N3O19/c1-3-6-52-8-10-54-12-13-55-11-9-53-7-5-34-33(51)20(35-14-22(40)28(46)31(49)25(43)18-37)15-36(16-23(41)29(47)27(45)21(39)4-2)17-24(42)30(48)32(50)26(44)19-38/h20-32,35,37-50H,3-19H2,1-2H3,(H,34,51)/t20?,21-,22+,23+,24+,25-,26-,27-,28-,29-,30-,31-,32-/m1/s1. The van der Waals surface area contributed by atoms with Crippen molar-refractivity contribution in [1.29, 1.82) is 0 Å². The highest BCUT2D eigenvalue weighted by Gasteiger charge is 2.36. The molecule has 0 spiro atoms. The number of hydrogen-bond acceptors (Lipinski definition) is 21. The summed E-state index contributed by atoms with van der Waals surface area (Å²) >= 11 is 0. The predicted molar refractivity (Wildman–Crippen MR) is 191 cm³/mol. The predicted octanol–water partition coefficient (Wildman–Crippen LogP) is -8.44. The zero-order chi connectivity index (χ0) is 41.9. The van der Waals surface area contributed by atoms with Gasteiger partial charge >= 0.3 is 0 Å². The van der Waals surface area contributed by atoms with Crippen LogP contribution >= 0.6 is 0 Å². The second kappa shape index (κ2) is 31.6. The number of carbonyl (C=O) groups is 1. The summed E-state index contributed by atoms with van der Waals surface area (Å²) in [6.07, 6.45) is -21.6. The fourth-order valence-electron chi connectivity index (χ4n) is 4.95. The van der Waals surface area contributed by atoms with Crippen LogP contribution in [0.25, 0.3) is 0 Å². The van der Waals surface area contributed by atoms with Crippen molar-refractivity contribution >= 4 is 5.91 Å². The lowest BCUT2D eigenvalue weighted by molar-refractivity contribution is -0.132. The van der Waals surface area contributed by atoms with Crippen LogP contribution in [0.4, 0.5) is 0 Å². The number of aliphatic hydroxyl groups is 14. The highest BCUT2D eigenvalue weighted by atomic mass is 16.6. The van der Waals surface area contributed by atoms with Gasteiger partial charge in [-0.2, -0.15) is 0 Å². The van der Waals surface area contributed by atoms with E-state index in [-0.39, 0.29) is 32.8 Å². The molecule has 22 nitrogen and oxygen atoms in total. The molecule has 0 saturated heterocycles. The van der Waals surface area contributed by atoms with Gasteiger partial charge in [-0.15, -0.1) is 0 Å². The first-order valence-electron chi connectivity index (χ1n) is 18.5. The normalized spacial score (nSPS) is 19.4. The largest absolute Gasteiger partial charge is 0.394 e. The van der Waals surface area contributed by atoms with Crippen LogP contribution in [0.5, 0.6) is 0 Å². The quantitative estimate of drug-likeness (QED) is 0.0261. The van der Waals surface area contributed by atoms with Crippen molar-refractivity contribution in [3.63, 3.8) is 0 Å². The van der Waals surface area contributed by atoms with Gasteiger partial charge in [0, 0.05) is 39.3 Å². The van der Waals surface area contributed by atoms with Gasteiger partial charge in [0.2, 0.25) is 5.91 Å². The van der Waals surface area contributed by atoms with Crippen LogP contribution in [-0.4, -0.2) is 260 Å². The minimum Gasteiger partial charge on any atom is -0.394 e. The van der Waals surface area contributed by atoms with E-state index in [0.29, 0.717) is 33.0 Å². The number of amides is 1. The second-order valence-electron chi connectivity index (χ2n) is 13.0. The zero-order valence-electron chi connectivity index (χ0n) is 31.8. The van der Waals surface area contributed by atoms with Crippen molar-refractivity contribution < 1.29 is 95.2 Å². The molecule has 1 amide bonds. The molecule has 22 heteroatoms. The lowest BCUT2D eigenvalue weighted by Gasteiger charge is -2.35. The summed E-state index contributed by atoms with van der Waals surface area (Å²) in [6.45, 7) is 1.80. The Kier molecular flexibility index (Phi) is 30.9. The molecule has 13 atom stereocenters. The summed E-state index contributed by atoms with van der Waals surface area (Å²) in [7, 11) is 0. The summed E-state index contributed by atoms with van der Waals surface area (Å²) < 4.78 is 21.6. The number of nitrogens with one attached hydrogen (secondary N) is 2. The van der Waals surface area contributed by atoms with E-state index >= 15 is 0 Å². The van der Waals surface area contributed by atoms with E-state index in [4.69, 9.17) is 29.2 Å². The molecule has 0 saturated carbocycles. The van der Waals surface area contributed by atoms with Gasteiger partial charge in [0.1, 0.15) is 48.8 Å². The maximum absolute atomic E-state index is 13.4. The maximum atomic E-state index is 13.4. The Morgan fingerprint density at radius 3 is 1.31 bits per heavy atom. The second-order valence-corrected chi connectivity index (χ2v) is 13.0. The molecule has 0 aliphatic heterocycles. The third-order valence-corrected chi connectivity index (χ3v) is 8.44. The van der Waals surface area contributed by atoms with Crippen molar-refractivity contribution in [3.05, 3.63) is 0 Å². The van der Waals surface area contributed by atoms with Crippen LogP contribution in [0.3, 0.4) is 0 Å². The van der Waals surface area contributed by atoms with Crippen molar-refractivity contribution in [2.24, 2.45) is 0 Å². The average Bonchev–Trinajstić information content (AvgIpc) is 3.18. The Hall–Kier alpha value is -1.33. The number of aliphatic hydroxyl groups excluding tert-OH is 14. The van der Waals surface area contributed by atoms with Gasteiger partial charge in [-0.25, -0.2) is 0 Å². The van der Waals surface area contributed by atoms with Gasteiger partial charge in [-0.1, -0.05) is 13.8 Å². The first-order valence-corrected chi connectivity index (χ1v) is 18.5. The SMILES string of the molecule is CCCOCCOCCOCCOCCNC(=O)C(CN(C[C@H](O)[C@@H](O)[C@H](O)[C@H](O)CC)C[C@H](O)[C@@H](O)[C@H](O)[C@H](O)CO)NC[C@H](O)[C@@H](O)[C@H](O)[C@H](O)CO. The van der Waals surface area contributed by atoms with E-state index in [1.807, 2.05) is 6.92 Å². The Labute approximate surface area is 321 Å². The van der Waals surface area contributed by atoms with Crippen LogP contribution < -0.4 is 10.6 Å². The van der Waals surface area contributed by atoms with Gasteiger partial charge in [0.25, 0.3) is 0 Å². The Balaban J connectivity index is 5.75. The lowest BCUT2D eigenvalue weighted by Crippen LogP contribution is -2.58. The third kappa shape index (κ3) is 22.4. The van der Waals surface area contributed by atoms with Crippen LogP contribution in [0, 0.1) is 0 Å². The summed E-state index contributed by atoms with van der Waals surface area (Å²) in [4.78, 5) is 14.5. The fourth-order valence-corrected chi connectivity index (χ4v) is 4.95. The van der Waals surface area contributed by atoms with Crippen molar-refractivity contribution in [2.75, 3.05) is 98.8 Å². The average molecular weight is 812 g/mol. The molecule has 0 bridgehead atoms. The Morgan fingerprint density at radius 2 is 0.891 bits per heavy atom. The minimum absolute atomic E-state index is 0.0101.